The number of hydroxylamine groups is 2. The first-order valence-electron chi connectivity index (χ1n) is 10.8. The molecule has 7 heteroatoms. The van der Waals surface area contributed by atoms with Crippen LogP contribution in [0.25, 0.3) is 10.9 Å². The second-order valence-electron chi connectivity index (χ2n) is 8.30. The van der Waals surface area contributed by atoms with Gasteiger partial charge >= 0.3 is 0 Å². The molecule has 1 N–H and O–H groups in total. The molecule has 3 aromatic rings. The lowest BCUT2D eigenvalue weighted by Crippen LogP contribution is -2.17. The van der Waals surface area contributed by atoms with Gasteiger partial charge < -0.3 is 14.7 Å². The topological polar surface area (TPSA) is 61.6 Å². The zero-order valence-corrected chi connectivity index (χ0v) is 19.0. The highest BCUT2D eigenvalue weighted by molar-refractivity contribution is 5.92. The van der Waals surface area contributed by atoms with Crippen LogP contribution in [0.15, 0.2) is 48.9 Å². The molecule has 0 aliphatic rings. The molecule has 0 bridgehead atoms. The molecule has 0 atom stereocenters. The van der Waals surface area contributed by atoms with E-state index in [1.165, 1.54) is 12.1 Å². The molecular weight excluding hydrogens is 407 g/mol. The van der Waals surface area contributed by atoms with Gasteiger partial charge in [-0.1, -0.05) is 18.7 Å². The van der Waals surface area contributed by atoms with Crippen molar-refractivity contribution >= 4 is 17.2 Å². The largest absolute Gasteiger partial charge is 0.379 e. The zero-order valence-electron chi connectivity index (χ0n) is 19.0. The minimum atomic E-state index is -0.263. The number of aldehydes is 1. The Balaban J connectivity index is 2.03. The molecule has 0 saturated heterocycles. The first-order valence-corrected chi connectivity index (χ1v) is 10.8. The van der Waals surface area contributed by atoms with Crippen molar-refractivity contribution < 1.29 is 14.4 Å². The van der Waals surface area contributed by atoms with Crippen molar-refractivity contribution in [3.05, 3.63) is 77.1 Å². The van der Waals surface area contributed by atoms with Gasteiger partial charge in [-0.15, -0.1) is 0 Å². The van der Waals surface area contributed by atoms with E-state index in [-0.39, 0.29) is 5.82 Å². The number of aryl methyl sites for hydroxylation is 1. The third-order valence-electron chi connectivity index (χ3n) is 5.79. The smallest absolute Gasteiger partial charge is 0.168 e. The normalized spacial score (nSPS) is 11.3. The summed E-state index contributed by atoms with van der Waals surface area (Å²) in [6.45, 7) is 7.81. The van der Waals surface area contributed by atoms with E-state index in [4.69, 9.17) is 0 Å². The van der Waals surface area contributed by atoms with E-state index in [0.29, 0.717) is 25.2 Å². The summed E-state index contributed by atoms with van der Waals surface area (Å²) in [4.78, 5) is 18.3. The van der Waals surface area contributed by atoms with Crippen LogP contribution >= 0.6 is 0 Å². The number of hydrogen-bond acceptors (Lipinski definition) is 5. The summed E-state index contributed by atoms with van der Waals surface area (Å²) in [7, 11) is 3.61. The van der Waals surface area contributed by atoms with Gasteiger partial charge in [0.25, 0.3) is 0 Å². The van der Waals surface area contributed by atoms with E-state index >= 15 is 0 Å². The van der Waals surface area contributed by atoms with E-state index in [0.717, 1.165) is 64.0 Å². The van der Waals surface area contributed by atoms with Gasteiger partial charge in [0.1, 0.15) is 11.5 Å². The van der Waals surface area contributed by atoms with Gasteiger partial charge in [0, 0.05) is 51.0 Å². The van der Waals surface area contributed by atoms with Crippen molar-refractivity contribution in [1.82, 2.24) is 19.5 Å². The summed E-state index contributed by atoms with van der Waals surface area (Å²) in [6, 6.07) is 6.47. The van der Waals surface area contributed by atoms with E-state index in [1.807, 2.05) is 14.0 Å². The second-order valence-corrected chi connectivity index (χ2v) is 8.30. The number of nitrogens with zero attached hydrogens (tertiary/aromatic N) is 4. The quantitative estimate of drug-likeness (QED) is 0.357. The Morgan fingerprint density at radius 2 is 1.94 bits per heavy atom. The van der Waals surface area contributed by atoms with Crippen molar-refractivity contribution in [2.75, 3.05) is 27.2 Å². The number of allylic oxidation sites excluding steroid dienone is 1. The van der Waals surface area contributed by atoms with Crippen molar-refractivity contribution in [2.45, 2.75) is 32.7 Å². The molecule has 2 heterocycles. The number of aromatic nitrogens is 2. The highest BCUT2D eigenvalue weighted by Crippen LogP contribution is 2.29. The summed E-state index contributed by atoms with van der Waals surface area (Å²) in [5.41, 5.74) is 5.31. The molecule has 3 rings (SSSR count). The minimum absolute atomic E-state index is 0.263. The fourth-order valence-corrected chi connectivity index (χ4v) is 3.89. The van der Waals surface area contributed by atoms with Crippen molar-refractivity contribution in [1.29, 1.82) is 0 Å². The number of likely N-dealkylation sites (N-methyl/N-ethyl adjacent to an activating group) is 1. The van der Waals surface area contributed by atoms with Crippen LogP contribution in [-0.4, -0.2) is 58.2 Å². The Hall–Kier alpha value is -3.03. The second kappa shape index (κ2) is 10.5. The standard InChI is InChI=1S/C25H31FN4O2/c1-18(2)28(3)12-5-6-20-16-30(15-19-7-9-21(26)10-8-19)24-14-27-23(17-31)22(25(20)24)11-13-29(4)32/h7-10,14,16-17,32H,1,5-6,11-13,15H2,2-4H3. The Morgan fingerprint density at radius 3 is 2.56 bits per heavy atom. The van der Waals surface area contributed by atoms with Gasteiger partial charge in [-0.05, 0) is 55.0 Å². The van der Waals surface area contributed by atoms with Gasteiger partial charge in [-0.2, -0.15) is 5.06 Å². The highest BCUT2D eigenvalue weighted by Gasteiger charge is 2.17. The van der Waals surface area contributed by atoms with Crippen LogP contribution in [0.4, 0.5) is 4.39 Å². The molecule has 0 spiro atoms. The number of fused-ring (bicyclic) bond motifs is 1. The first kappa shape index (κ1) is 23.6. The number of carbonyl (C=O) groups is 1. The molecule has 0 amide bonds. The van der Waals surface area contributed by atoms with Crippen LogP contribution in [0.3, 0.4) is 0 Å². The van der Waals surface area contributed by atoms with Crippen molar-refractivity contribution in [2.24, 2.45) is 0 Å². The molecule has 0 aliphatic heterocycles. The number of pyridine rings is 1. The van der Waals surface area contributed by atoms with E-state index in [1.54, 1.807) is 25.4 Å². The fraction of sp³-hybridized carbons (Fsp3) is 0.360. The number of hydrogen-bond donors (Lipinski definition) is 1. The number of halogens is 1. The molecule has 0 saturated carbocycles. The molecule has 6 nitrogen and oxygen atoms in total. The van der Waals surface area contributed by atoms with Gasteiger partial charge in [0.2, 0.25) is 0 Å². The van der Waals surface area contributed by atoms with Crippen LogP contribution in [0.1, 0.15) is 40.5 Å². The third kappa shape index (κ3) is 5.60. The van der Waals surface area contributed by atoms with Gasteiger partial charge in [-0.3, -0.25) is 9.78 Å². The van der Waals surface area contributed by atoms with Crippen LogP contribution in [0.2, 0.25) is 0 Å². The Labute approximate surface area is 188 Å². The summed E-state index contributed by atoms with van der Waals surface area (Å²) in [5.74, 6) is -0.263. The van der Waals surface area contributed by atoms with Crippen molar-refractivity contribution in [3.63, 3.8) is 0 Å². The molecule has 170 valence electrons. The molecule has 0 fully saturated rings. The predicted octanol–water partition coefficient (Wildman–Crippen LogP) is 4.30. The lowest BCUT2D eigenvalue weighted by Gasteiger charge is -2.18. The molecular formula is C25H31FN4O2. The lowest BCUT2D eigenvalue weighted by atomic mass is 10.00. The van der Waals surface area contributed by atoms with Crippen LogP contribution in [0, 0.1) is 5.82 Å². The van der Waals surface area contributed by atoms with Gasteiger partial charge in [0.15, 0.2) is 6.29 Å². The average Bonchev–Trinajstić information content (AvgIpc) is 3.10. The maximum atomic E-state index is 13.3. The fourth-order valence-electron chi connectivity index (χ4n) is 3.89. The predicted molar refractivity (Wildman–Crippen MR) is 125 cm³/mol. The summed E-state index contributed by atoms with van der Waals surface area (Å²) >= 11 is 0. The van der Waals surface area contributed by atoms with Gasteiger partial charge in [0.05, 0.1) is 11.7 Å². The summed E-state index contributed by atoms with van der Waals surface area (Å²) < 4.78 is 15.5. The minimum Gasteiger partial charge on any atom is -0.379 e. The van der Waals surface area contributed by atoms with Crippen LogP contribution in [0.5, 0.6) is 0 Å². The first-order chi connectivity index (χ1) is 15.3. The maximum absolute atomic E-state index is 13.3. The SMILES string of the molecule is C=C(C)N(C)CCCc1cn(Cc2ccc(F)cc2)c2cnc(C=O)c(CCN(C)O)c12. The Bertz CT molecular complexity index is 1090. The van der Waals surface area contributed by atoms with Crippen molar-refractivity contribution in [3.8, 4) is 0 Å². The molecule has 0 radical (unpaired) electrons. The molecule has 0 aliphatic carbocycles. The Morgan fingerprint density at radius 1 is 1.22 bits per heavy atom. The third-order valence-corrected chi connectivity index (χ3v) is 5.79. The summed E-state index contributed by atoms with van der Waals surface area (Å²) in [6.07, 6.45) is 6.88. The number of carbonyl (C=O) groups excluding carboxylic acids is 1. The molecule has 0 unspecified atom stereocenters. The van der Waals surface area contributed by atoms with E-state index < -0.39 is 0 Å². The van der Waals surface area contributed by atoms with E-state index in [2.05, 4.69) is 27.2 Å². The highest BCUT2D eigenvalue weighted by atomic mass is 19.1. The zero-order chi connectivity index (χ0) is 23.3. The van der Waals surface area contributed by atoms with Crippen LogP contribution in [-0.2, 0) is 19.4 Å². The molecule has 32 heavy (non-hydrogen) atoms. The monoisotopic (exact) mass is 438 g/mol. The average molecular weight is 439 g/mol. The number of benzene rings is 1. The maximum Gasteiger partial charge on any atom is 0.168 e. The molecule has 1 aromatic carbocycles. The van der Waals surface area contributed by atoms with Crippen LogP contribution < -0.4 is 0 Å². The summed E-state index contributed by atoms with van der Waals surface area (Å²) in [5, 5.41) is 11.8. The Kier molecular flexibility index (Phi) is 7.77. The lowest BCUT2D eigenvalue weighted by molar-refractivity contribution is -0.0634. The number of rotatable bonds is 11. The van der Waals surface area contributed by atoms with E-state index in [9.17, 15) is 14.4 Å². The molecule has 2 aromatic heterocycles. The van der Waals surface area contributed by atoms with Gasteiger partial charge in [-0.25, -0.2) is 4.39 Å².